The lowest BCUT2D eigenvalue weighted by Gasteiger charge is -2.35. The van der Waals surface area contributed by atoms with Crippen LogP contribution in [0.25, 0.3) is 0 Å². The fourth-order valence-corrected chi connectivity index (χ4v) is 3.03. The Hall–Kier alpha value is -1.95. The highest BCUT2D eigenvalue weighted by Gasteiger charge is 2.23. The highest BCUT2D eigenvalue weighted by molar-refractivity contribution is 5.37. The second-order valence-corrected chi connectivity index (χ2v) is 5.64. The van der Waals surface area contributed by atoms with Crippen molar-refractivity contribution in [3.63, 3.8) is 0 Å². The van der Waals surface area contributed by atoms with Gasteiger partial charge in [0.25, 0.3) is 0 Å². The highest BCUT2D eigenvalue weighted by Crippen LogP contribution is 2.19. The molecule has 6 nitrogen and oxygen atoms in total. The number of anilines is 1. The molecular weight excluding hydrogens is 264 g/mol. The van der Waals surface area contributed by atoms with Crippen molar-refractivity contribution in [1.82, 2.24) is 25.3 Å². The Labute approximate surface area is 125 Å². The molecule has 3 rings (SSSR count). The molecule has 2 aromatic rings. The summed E-state index contributed by atoms with van der Waals surface area (Å²) >= 11 is 0. The lowest BCUT2D eigenvalue weighted by atomic mass is 10.0. The lowest BCUT2D eigenvalue weighted by Crippen LogP contribution is -2.47. The molecule has 2 aromatic heterocycles. The Morgan fingerprint density at radius 2 is 2.24 bits per heavy atom. The van der Waals surface area contributed by atoms with Crippen molar-refractivity contribution in [2.45, 2.75) is 31.8 Å². The zero-order valence-corrected chi connectivity index (χ0v) is 12.6. The van der Waals surface area contributed by atoms with Gasteiger partial charge in [0.15, 0.2) is 5.82 Å². The first-order chi connectivity index (χ1) is 10.2. The molecule has 21 heavy (non-hydrogen) atoms. The van der Waals surface area contributed by atoms with Crippen molar-refractivity contribution < 1.29 is 0 Å². The van der Waals surface area contributed by atoms with Crippen molar-refractivity contribution in [3.8, 4) is 0 Å². The second kappa shape index (κ2) is 6.22. The topological polar surface area (TPSA) is 58.9 Å². The van der Waals surface area contributed by atoms with E-state index in [0.717, 1.165) is 18.9 Å². The molecule has 0 aromatic carbocycles. The van der Waals surface area contributed by atoms with Crippen LogP contribution >= 0.6 is 0 Å². The van der Waals surface area contributed by atoms with Gasteiger partial charge in [0, 0.05) is 44.6 Å². The van der Waals surface area contributed by atoms with E-state index in [1.807, 2.05) is 30.1 Å². The van der Waals surface area contributed by atoms with Gasteiger partial charge in [-0.05, 0) is 38.0 Å². The van der Waals surface area contributed by atoms with Crippen LogP contribution in [0.2, 0.25) is 0 Å². The number of nitrogens with zero attached hydrogens (tertiary/aromatic N) is 5. The number of hydrogen-bond acceptors (Lipinski definition) is 5. The molecule has 6 heteroatoms. The maximum Gasteiger partial charge on any atom is 0.151 e. The van der Waals surface area contributed by atoms with Crippen molar-refractivity contribution in [3.05, 3.63) is 36.3 Å². The molecule has 1 aliphatic heterocycles. The van der Waals surface area contributed by atoms with Crippen LogP contribution in [0.15, 0.2) is 30.6 Å². The van der Waals surface area contributed by atoms with Gasteiger partial charge in [-0.1, -0.05) is 0 Å². The van der Waals surface area contributed by atoms with Gasteiger partial charge < -0.3 is 10.2 Å². The van der Waals surface area contributed by atoms with E-state index in [4.69, 9.17) is 0 Å². The first-order valence-corrected chi connectivity index (χ1v) is 7.50. The summed E-state index contributed by atoms with van der Waals surface area (Å²) in [4.78, 5) is 2.31. The maximum absolute atomic E-state index is 4.24. The van der Waals surface area contributed by atoms with E-state index in [1.54, 1.807) is 6.20 Å². The first-order valence-electron chi connectivity index (χ1n) is 7.50. The fraction of sp³-hybridized carbons (Fsp3) is 0.533. The molecule has 3 heterocycles. The molecule has 1 N–H and O–H groups in total. The minimum Gasteiger partial charge on any atom is -0.354 e. The van der Waals surface area contributed by atoms with Crippen LogP contribution in [0.5, 0.6) is 0 Å². The van der Waals surface area contributed by atoms with Crippen LogP contribution in [0, 0.1) is 0 Å². The zero-order valence-electron chi connectivity index (χ0n) is 12.6. The van der Waals surface area contributed by atoms with Gasteiger partial charge >= 0.3 is 0 Å². The number of hydrogen-bond donors (Lipinski definition) is 1. The third-order valence-corrected chi connectivity index (χ3v) is 4.09. The summed E-state index contributed by atoms with van der Waals surface area (Å²) in [6.07, 6.45) is 5.93. The lowest BCUT2D eigenvalue weighted by molar-refractivity contribution is 0.378. The SMILES string of the molecule is CC(NC1CCCN(c2cccnn2)C1)c1ccnn1C. The Bertz CT molecular complexity index is 567. The number of aryl methyl sites for hydroxylation is 1. The maximum atomic E-state index is 4.24. The summed E-state index contributed by atoms with van der Waals surface area (Å²) < 4.78 is 1.93. The van der Waals surface area contributed by atoms with Crippen LogP contribution < -0.4 is 10.2 Å². The van der Waals surface area contributed by atoms with E-state index in [1.165, 1.54) is 18.5 Å². The summed E-state index contributed by atoms with van der Waals surface area (Å²) in [5.74, 6) is 0.970. The number of rotatable bonds is 4. The minimum atomic E-state index is 0.296. The van der Waals surface area contributed by atoms with Crippen LogP contribution in [-0.4, -0.2) is 39.1 Å². The molecule has 0 spiro atoms. The van der Waals surface area contributed by atoms with Crippen LogP contribution in [0.4, 0.5) is 5.82 Å². The number of aromatic nitrogens is 4. The molecule has 0 saturated carbocycles. The summed E-state index contributed by atoms with van der Waals surface area (Å²) in [5, 5.41) is 16.1. The largest absolute Gasteiger partial charge is 0.354 e. The van der Waals surface area contributed by atoms with Gasteiger partial charge in [-0.25, -0.2) is 0 Å². The van der Waals surface area contributed by atoms with Gasteiger partial charge in [-0.2, -0.15) is 10.2 Å². The normalized spacial score (nSPS) is 20.5. The van der Waals surface area contributed by atoms with Crippen LogP contribution in [-0.2, 0) is 7.05 Å². The number of piperidine rings is 1. The van der Waals surface area contributed by atoms with Gasteiger partial charge in [0.2, 0.25) is 0 Å². The molecule has 1 aliphatic rings. The Morgan fingerprint density at radius 1 is 1.33 bits per heavy atom. The van der Waals surface area contributed by atoms with Crippen molar-refractivity contribution in [2.24, 2.45) is 7.05 Å². The Kier molecular flexibility index (Phi) is 4.15. The molecular formula is C15H22N6. The minimum absolute atomic E-state index is 0.296. The van der Waals surface area contributed by atoms with E-state index in [0.29, 0.717) is 12.1 Å². The third-order valence-electron chi connectivity index (χ3n) is 4.09. The monoisotopic (exact) mass is 286 g/mol. The summed E-state index contributed by atoms with van der Waals surface area (Å²) in [7, 11) is 1.99. The molecule has 112 valence electrons. The third kappa shape index (κ3) is 3.21. The Morgan fingerprint density at radius 3 is 2.95 bits per heavy atom. The molecule has 0 aliphatic carbocycles. The smallest absolute Gasteiger partial charge is 0.151 e. The van der Waals surface area contributed by atoms with E-state index in [2.05, 4.69) is 38.5 Å². The zero-order chi connectivity index (χ0) is 14.7. The molecule has 0 bridgehead atoms. The van der Waals surface area contributed by atoms with Crippen molar-refractivity contribution in [1.29, 1.82) is 0 Å². The highest BCUT2D eigenvalue weighted by atomic mass is 15.3. The van der Waals surface area contributed by atoms with E-state index in [-0.39, 0.29) is 0 Å². The van der Waals surface area contributed by atoms with Gasteiger partial charge in [0.05, 0.1) is 5.69 Å². The molecule has 0 amide bonds. The van der Waals surface area contributed by atoms with E-state index < -0.39 is 0 Å². The predicted molar refractivity (Wildman–Crippen MR) is 82.0 cm³/mol. The molecule has 2 atom stereocenters. The summed E-state index contributed by atoms with van der Waals surface area (Å²) in [6, 6.07) is 6.80. The van der Waals surface area contributed by atoms with E-state index >= 15 is 0 Å². The molecule has 2 unspecified atom stereocenters. The average molecular weight is 286 g/mol. The van der Waals surface area contributed by atoms with Gasteiger partial charge in [-0.15, -0.1) is 5.10 Å². The molecule has 1 fully saturated rings. The predicted octanol–water partition coefficient (Wildman–Crippen LogP) is 1.53. The summed E-state index contributed by atoms with van der Waals surface area (Å²) in [5.41, 5.74) is 1.21. The van der Waals surface area contributed by atoms with Crippen LogP contribution in [0.1, 0.15) is 31.5 Å². The standard InChI is InChI=1S/C15H22N6/c1-12(14-7-9-17-20(14)2)18-13-5-4-10-21(11-13)15-6-3-8-16-19-15/h3,6-9,12-13,18H,4-5,10-11H2,1-2H3. The van der Waals surface area contributed by atoms with Gasteiger partial charge in [0.1, 0.15) is 0 Å². The fourth-order valence-electron chi connectivity index (χ4n) is 3.03. The van der Waals surface area contributed by atoms with Crippen LogP contribution in [0.3, 0.4) is 0 Å². The van der Waals surface area contributed by atoms with E-state index in [9.17, 15) is 0 Å². The molecule has 1 saturated heterocycles. The molecule has 0 radical (unpaired) electrons. The Balaban J connectivity index is 1.63. The first kappa shape index (κ1) is 14.0. The second-order valence-electron chi connectivity index (χ2n) is 5.64. The average Bonchev–Trinajstić information content (AvgIpc) is 2.95. The van der Waals surface area contributed by atoms with Gasteiger partial charge in [-0.3, -0.25) is 4.68 Å². The van der Waals surface area contributed by atoms with Crippen molar-refractivity contribution >= 4 is 5.82 Å². The quantitative estimate of drug-likeness (QED) is 0.923. The van der Waals surface area contributed by atoms with Crippen molar-refractivity contribution in [2.75, 3.05) is 18.0 Å². The summed E-state index contributed by atoms with van der Waals surface area (Å²) in [6.45, 7) is 4.22. The number of nitrogens with one attached hydrogen (secondary N) is 1.